The molecule has 0 aliphatic heterocycles. The number of rotatable bonds is 6. The van der Waals surface area contributed by atoms with Crippen LogP contribution in [-0.4, -0.2) is 23.1 Å². The summed E-state index contributed by atoms with van der Waals surface area (Å²) in [6.07, 6.45) is 1.10. The largest absolute Gasteiger partial charge is 0.480 e. The Kier molecular flexibility index (Phi) is 5.74. The normalized spacial score (nSPS) is 11.5. The highest BCUT2D eigenvalue weighted by Gasteiger charge is 2.20. The Labute approximate surface area is 135 Å². The lowest BCUT2D eigenvalue weighted by Crippen LogP contribution is -2.44. The first-order valence-corrected chi connectivity index (χ1v) is 7.51. The fourth-order valence-corrected chi connectivity index (χ4v) is 2.24. The number of nitrogens with one attached hydrogen (secondary N) is 2. The third-order valence-electron chi connectivity index (χ3n) is 3.48. The molecular weight excluding hydrogens is 292 g/mol. The van der Waals surface area contributed by atoms with Crippen molar-refractivity contribution in [2.45, 2.75) is 25.8 Å². The average molecular weight is 312 g/mol. The Morgan fingerprint density at radius 3 is 2.39 bits per heavy atom. The highest BCUT2D eigenvalue weighted by atomic mass is 16.4. The molecule has 2 aromatic rings. The van der Waals surface area contributed by atoms with Crippen LogP contribution in [0.1, 0.15) is 18.1 Å². The van der Waals surface area contributed by atoms with E-state index in [2.05, 4.69) is 10.6 Å². The van der Waals surface area contributed by atoms with Gasteiger partial charge in [-0.25, -0.2) is 9.59 Å². The van der Waals surface area contributed by atoms with E-state index in [4.69, 9.17) is 0 Å². The summed E-state index contributed by atoms with van der Waals surface area (Å²) in [5.41, 5.74) is 2.60. The van der Waals surface area contributed by atoms with E-state index in [1.54, 1.807) is 6.07 Å². The van der Waals surface area contributed by atoms with Gasteiger partial charge in [0, 0.05) is 12.1 Å². The van der Waals surface area contributed by atoms with Crippen molar-refractivity contribution in [3.8, 4) is 0 Å². The van der Waals surface area contributed by atoms with Crippen molar-refractivity contribution in [1.29, 1.82) is 0 Å². The standard InChI is InChI=1S/C18H20N2O3/c1-2-13-9-6-10-15(11-13)19-18(23)20-16(17(21)22)12-14-7-4-3-5-8-14/h3-11,16H,2,12H2,1H3,(H,21,22)(H2,19,20,23)/t16-/m0/s1. The van der Waals surface area contributed by atoms with Gasteiger partial charge in [-0.3, -0.25) is 0 Å². The number of urea groups is 1. The van der Waals surface area contributed by atoms with Gasteiger partial charge in [-0.05, 0) is 29.7 Å². The van der Waals surface area contributed by atoms with Crippen molar-refractivity contribution in [3.63, 3.8) is 0 Å². The van der Waals surface area contributed by atoms with Crippen LogP contribution in [0.3, 0.4) is 0 Å². The van der Waals surface area contributed by atoms with Crippen LogP contribution in [0.15, 0.2) is 54.6 Å². The lowest BCUT2D eigenvalue weighted by molar-refractivity contribution is -0.139. The highest BCUT2D eigenvalue weighted by Crippen LogP contribution is 2.11. The first kappa shape index (κ1) is 16.5. The number of hydrogen-bond acceptors (Lipinski definition) is 2. The van der Waals surface area contributed by atoms with Crippen LogP contribution in [0.4, 0.5) is 10.5 Å². The zero-order valence-corrected chi connectivity index (χ0v) is 13.0. The summed E-state index contributed by atoms with van der Waals surface area (Å²) >= 11 is 0. The third kappa shape index (κ3) is 5.14. The molecule has 5 nitrogen and oxygen atoms in total. The molecule has 2 amide bonds. The molecule has 0 aromatic heterocycles. The van der Waals surface area contributed by atoms with Gasteiger partial charge in [0.2, 0.25) is 0 Å². The first-order chi connectivity index (χ1) is 11.1. The molecule has 23 heavy (non-hydrogen) atoms. The van der Waals surface area contributed by atoms with E-state index in [0.717, 1.165) is 17.5 Å². The molecule has 0 unspecified atom stereocenters. The highest BCUT2D eigenvalue weighted by molar-refractivity contribution is 5.92. The summed E-state index contributed by atoms with van der Waals surface area (Å²) in [5.74, 6) is -1.06. The minimum atomic E-state index is -1.06. The van der Waals surface area contributed by atoms with Crippen LogP contribution < -0.4 is 10.6 Å². The Morgan fingerprint density at radius 1 is 1.04 bits per heavy atom. The van der Waals surface area contributed by atoms with Crippen LogP contribution in [0.5, 0.6) is 0 Å². The molecule has 0 heterocycles. The van der Waals surface area contributed by atoms with Crippen molar-refractivity contribution < 1.29 is 14.7 Å². The van der Waals surface area contributed by atoms with Crippen molar-refractivity contribution in [1.82, 2.24) is 5.32 Å². The molecule has 2 rings (SSSR count). The molecule has 0 bridgehead atoms. The van der Waals surface area contributed by atoms with Gasteiger partial charge < -0.3 is 15.7 Å². The van der Waals surface area contributed by atoms with Crippen molar-refractivity contribution in [2.24, 2.45) is 0 Å². The molecule has 1 atom stereocenters. The summed E-state index contributed by atoms with van der Waals surface area (Å²) in [5, 5.41) is 14.5. The molecule has 0 fully saturated rings. The molecule has 0 saturated heterocycles. The van der Waals surface area contributed by atoms with Crippen molar-refractivity contribution in [3.05, 3.63) is 65.7 Å². The molecule has 2 aromatic carbocycles. The molecule has 0 aliphatic carbocycles. The Morgan fingerprint density at radius 2 is 1.74 bits per heavy atom. The number of hydrogen-bond donors (Lipinski definition) is 3. The van der Waals surface area contributed by atoms with Gasteiger partial charge in [0.05, 0.1) is 0 Å². The zero-order chi connectivity index (χ0) is 16.7. The summed E-state index contributed by atoms with van der Waals surface area (Å²) in [7, 11) is 0. The third-order valence-corrected chi connectivity index (χ3v) is 3.48. The van der Waals surface area contributed by atoms with Gasteiger partial charge in [0.25, 0.3) is 0 Å². The summed E-state index contributed by atoms with van der Waals surface area (Å²) in [6.45, 7) is 2.03. The van der Waals surface area contributed by atoms with Crippen LogP contribution >= 0.6 is 0 Å². The number of amides is 2. The number of aryl methyl sites for hydroxylation is 1. The van der Waals surface area contributed by atoms with Crippen LogP contribution in [0, 0.1) is 0 Å². The molecule has 120 valence electrons. The van der Waals surface area contributed by atoms with Gasteiger partial charge in [-0.1, -0.05) is 49.4 Å². The Hall–Kier alpha value is -2.82. The van der Waals surface area contributed by atoms with Gasteiger partial charge in [0.15, 0.2) is 0 Å². The number of carbonyl (C=O) groups is 2. The average Bonchev–Trinajstić information content (AvgIpc) is 2.55. The second-order valence-electron chi connectivity index (χ2n) is 5.23. The lowest BCUT2D eigenvalue weighted by atomic mass is 10.1. The first-order valence-electron chi connectivity index (χ1n) is 7.51. The maximum Gasteiger partial charge on any atom is 0.326 e. The second kappa shape index (κ2) is 7.98. The fraction of sp³-hybridized carbons (Fsp3) is 0.222. The molecule has 0 spiro atoms. The molecule has 0 radical (unpaired) electrons. The van der Waals surface area contributed by atoms with Gasteiger partial charge >= 0.3 is 12.0 Å². The SMILES string of the molecule is CCc1cccc(NC(=O)N[C@@H](Cc2ccccc2)C(=O)O)c1. The Bertz CT molecular complexity index is 671. The van der Waals surface area contributed by atoms with Crippen LogP contribution in [0.25, 0.3) is 0 Å². The van der Waals surface area contributed by atoms with E-state index in [9.17, 15) is 14.7 Å². The van der Waals surface area contributed by atoms with E-state index in [1.165, 1.54) is 0 Å². The van der Waals surface area contributed by atoms with E-state index in [1.807, 2.05) is 55.5 Å². The maximum atomic E-state index is 12.0. The molecule has 0 aliphatic rings. The number of carbonyl (C=O) groups excluding carboxylic acids is 1. The molecule has 3 N–H and O–H groups in total. The molecule has 5 heteroatoms. The van der Waals surface area contributed by atoms with Crippen LogP contribution in [-0.2, 0) is 17.6 Å². The number of carboxylic acids is 1. The summed E-state index contributed by atoms with van der Waals surface area (Å²) in [4.78, 5) is 23.4. The van der Waals surface area contributed by atoms with Gasteiger partial charge in [-0.2, -0.15) is 0 Å². The van der Waals surface area contributed by atoms with Gasteiger partial charge in [0.1, 0.15) is 6.04 Å². The van der Waals surface area contributed by atoms with Crippen molar-refractivity contribution in [2.75, 3.05) is 5.32 Å². The fourth-order valence-electron chi connectivity index (χ4n) is 2.24. The zero-order valence-electron chi connectivity index (χ0n) is 13.0. The number of benzene rings is 2. The monoisotopic (exact) mass is 312 g/mol. The minimum Gasteiger partial charge on any atom is -0.480 e. The number of aliphatic carboxylic acids is 1. The topological polar surface area (TPSA) is 78.4 Å². The smallest absolute Gasteiger partial charge is 0.326 e. The number of anilines is 1. The summed E-state index contributed by atoms with van der Waals surface area (Å²) in [6, 6.07) is 15.2. The number of carboxylic acid groups (broad SMARTS) is 1. The lowest BCUT2D eigenvalue weighted by Gasteiger charge is -2.15. The van der Waals surface area contributed by atoms with Crippen molar-refractivity contribution >= 4 is 17.7 Å². The van der Waals surface area contributed by atoms with E-state index < -0.39 is 18.0 Å². The second-order valence-corrected chi connectivity index (χ2v) is 5.23. The molecular formula is C18H20N2O3. The molecule has 0 saturated carbocycles. The maximum absolute atomic E-state index is 12.0. The Balaban J connectivity index is 1.99. The quantitative estimate of drug-likeness (QED) is 0.767. The predicted molar refractivity (Wildman–Crippen MR) is 89.5 cm³/mol. The van der Waals surface area contributed by atoms with E-state index in [-0.39, 0.29) is 6.42 Å². The van der Waals surface area contributed by atoms with Gasteiger partial charge in [-0.15, -0.1) is 0 Å². The predicted octanol–water partition coefficient (Wildman–Crippen LogP) is 3.07. The van der Waals surface area contributed by atoms with E-state index in [0.29, 0.717) is 5.69 Å². The van der Waals surface area contributed by atoms with Crippen LogP contribution in [0.2, 0.25) is 0 Å². The van der Waals surface area contributed by atoms with E-state index >= 15 is 0 Å². The minimum absolute atomic E-state index is 0.235. The summed E-state index contributed by atoms with van der Waals surface area (Å²) < 4.78 is 0.